The average Bonchev–Trinajstić information content (AvgIpc) is 2.34. The van der Waals surface area contributed by atoms with Gasteiger partial charge >= 0.3 is 77.7 Å². The summed E-state index contributed by atoms with van der Waals surface area (Å²) in [6, 6.07) is 2.01. The second-order valence-electron chi connectivity index (χ2n) is 3.96. The van der Waals surface area contributed by atoms with Crippen LogP contribution in [0.25, 0.3) is 0 Å². The third-order valence-electron chi connectivity index (χ3n) is 1.73. The maximum absolute atomic E-state index is 5.49. The predicted octanol–water partition coefficient (Wildman–Crippen LogP) is 1.97. The normalized spacial score (nSPS) is 12.0. The van der Waals surface area contributed by atoms with Gasteiger partial charge in [-0.3, -0.25) is 0 Å². The van der Waals surface area contributed by atoms with E-state index in [2.05, 4.69) is 14.8 Å². The van der Waals surface area contributed by atoms with Gasteiger partial charge in [0.2, 0.25) is 0 Å². The summed E-state index contributed by atoms with van der Waals surface area (Å²) in [6.07, 6.45) is 1.77. The average molecular weight is 275 g/mol. The Morgan fingerprint density at radius 2 is 2.08 bits per heavy atom. The summed E-state index contributed by atoms with van der Waals surface area (Å²) < 4.78 is 11.8. The van der Waals surface area contributed by atoms with Gasteiger partial charge in [-0.15, -0.1) is 0 Å². The van der Waals surface area contributed by atoms with Gasteiger partial charge < -0.3 is 0 Å². The van der Waals surface area contributed by atoms with Gasteiger partial charge in [-0.2, -0.15) is 0 Å². The van der Waals surface area contributed by atoms with Crippen molar-refractivity contribution in [3.63, 3.8) is 0 Å². The topological polar surface area (TPSA) is 22.4 Å². The van der Waals surface area contributed by atoms with E-state index in [0.29, 0.717) is 6.61 Å². The Morgan fingerprint density at radius 1 is 1.42 bits per heavy atom. The zero-order valence-corrected chi connectivity index (χ0v) is 11.0. The molecule has 3 heteroatoms. The molecule has 0 radical (unpaired) electrons. The molecular weight excluding hydrogens is 259 g/mol. The molecule has 1 aromatic heterocycles. The zero-order chi connectivity index (χ0) is 9.19. The Morgan fingerprint density at radius 3 is 2.58 bits per heavy atom. The van der Waals surface area contributed by atoms with Gasteiger partial charge in [-0.1, -0.05) is 0 Å². The third kappa shape index (κ3) is 2.26. The number of rotatable bonds is 3. The fourth-order valence-corrected chi connectivity index (χ4v) is 5.66. The molecule has 12 heavy (non-hydrogen) atoms. The standard InChI is InChI=1S/C6H7O2.3CH3.Sn/c1-7-4-6-2-3-8-5-6;;;;/h2-3H,4H2,1H3;3*1H3;. The molecule has 0 atom stereocenters. The van der Waals surface area contributed by atoms with Crippen LogP contribution in [-0.4, -0.2) is 25.5 Å². The first-order chi connectivity index (χ1) is 5.55. The number of furan rings is 1. The van der Waals surface area contributed by atoms with Crippen molar-refractivity contribution in [2.75, 3.05) is 7.11 Å². The van der Waals surface area contributed by atoms with Crippen LogP contribution in [0.1, 0.15) is 5.56 Å². The van der Waals surface area contributed by atoms with Crippen LogP contribution < -0.4 is 3.78 Å². The van der Waals surface area contributed by atoms with Crippen molar-refractivity contribution in [2.24, 2.45) is 0 Å². The van der Waals surface area contributed by atoms with Crippen LogP contribution in [-0.2, 0) is 11.3 Å². The van der Waals surface area contributed by atoms with Gasteiger partial charge in [0.25, 0.3) is 0 Å². The van der Waals surface area contributed by atoms with Crippen molar-refractivity contribution in [2.45, 2.75) is 21.4 Å². The summed E-state index contributed by atoms with van der Waals surface area (Å²) >= 11 is -2.01. The first-order valence-electron chi connectivity index (χ1n) is 4.11. The van der Waals surface area contributed by atoms with Crippen LogP contribution in [0, 0.1) is 0 Å². The van der Waals surface area contributed by atoms with Crippen molar-refractivity contribution < 1.29 is 9.15 Å². The molecule has 68 valence electrons. The van der Waals surface area contributed by atoms with E-state index in [1.807, 2.05) is 6.07 Å². The molecule has 0 saturated heterocycles. The van der Waals surface area contributed by atoms with Crippen LogP contribution in [0.2, 0.25) is 14.8 Å². The first kappa shape index (κ1) is 10.1. The SMILES string of the molecule is COCc1cco[c]1[Sn]([CH3])([CH3])[CH3]. The van der Waals surface area contributed by atoms with Gasteiger partial charge in [0.15, 0.2) is 0 Å². The number of hydrogen-bond acceptors (Lipinski definition) is 2. The van der Waals surface area contributed by atoms with Crippen LogP contribution in [0.3, 0.4) is 0 Å². The van der Waals surface area contributed by atoms with Crippen molar-refractivity contribution in [3.05, 3.63) is 17.9 Å². The fraction of sp³-hybridized carbons (Fsp3) is 0.556. The summed E-state index contributed by atoms with van der Waals surface area (Å²) in [7, 11) is 1.72. The van der Waals surface area contributed by atoms with E-state index in [1.165, 1.54) is 9.34 Å². The Bertz CT molecular complexity index is 247. The van der Waals surface area contributed by atoms with Crippen molar-refractivity contribution in [3.8, 4) is 0 Å². The molecule has 0 bridgehead atoms. The molecule has 0 saturated carbocycles. The molecule has 1 rings (SSSR count). The Balaban J connectivity index is 2.91. The molecule has 1 aromatic rings. The second kappa shape index (κ2) is 3.83. The summed E-state index contributed by atoms with van der Waals surface area (Å²) in [5.41, 5.74) is 1.24. The Kier molecular flexibility index (Phi) is 3.23. The molecule has 0 spiro atoms. The van der Waals surface area contributed by atoms with Crippen molar-refractivity contribution in [1.29, 1.82) is 0 Å². The van der Waals surface area contributed by atoms with Crippen molar-refractivity contribution in [1.82, 2.24) is 0 Å². The quantitative estimate of drug-likeness (QED) is 0.787. The summed E-state index contributed by atoms with van der Waals surface area (Å²) in [6.45, 7) is 0.681. The monoisotopic (exact) mass is 276 g/mol. The van der Waals surface area contributed by atoms with Crippen LogP contribution >= 0.6 is 0 Å². The third-order valence-corrected chi connectivity index (χ3v) is 6.87. The Hall–Kier alpha value is 0.0387. The van der Waals surface area contributed by atoms with Gasteiger partial charge in [-0.05, 0) is 0 Å². The van der Waals surface area contributed by atoms with Gasteiger partial charge in [0.1, 0.15) is 0 Å². The molecule has 0 aliphatic rings. The van der Waals surface area contributed by atoms with E-state index in [0.717, 1.165) is 0 Å². The van der Waals surface area contributed by atoms with Crippen LogP contribution in [0.4, 0.5) is 0 Å². The molecular formula is C9H16O2Sn. The molecule has 0 unspecified atom stereocenters. The molecule has 0 fully saturated rings. The van der Waals surface area contributed by atoms with Crippen LogP contribution in [0.5, 0.6) is 0 Å². The predicted molar refractivity (Wildman–Crippen MR) is 52.4 cm³/mol. The van der Waals surface area contributed by atoms with E-state index in [4.69, 9.17) is 9.15 Å². The summed E-state index contributed by atoms with van der Waals surface area (Å²) in [5, 5.41) is 0. The van der Waals surface area contributed by atoms with Crippen LogP contribution in [0.15, 0.2) is 16.7 Å². The van der Waals surface area contributed by atoms with E-state index in [1.54, 1.807) is 13.4 Å². The van der Waals surface area contributed by atoms with Gasteiger partial charge in [-0.25, -0.2) is 0 Å². The first-order valence-corrected chi connectivity index (χ1v) is 14.1. The molecule has 1 heterocycles. The fourth-order valence-electron chi connectivity index (χ4n) is 1.26. The minimum absolute atomic E-state index is 0.681. The van der Waals surface area contributed by atoms with Gasteiger partial charge in [0.05, 0.1) is 0 Å². The molecule has 0 amide bonds. The number of ether oxygens (including phenoxy) is 1. The molecule has 2 nitrogen and oxygen atoms in total. The molecule has 0 aliphatic heterocycles. The zero-order valence-electron chi connectivity index (χ0n) is 8.18. The number of hydrogen-bond donors (Lipinski definition) is 0. The van der Waals surface area contributed by atoms with Crippen molar-refractivity contribution >= 4 is 22.2 Å². The Labute approximate surface area is 77.8 Å². The molecule has 0 aromatic carbocycles. The second-order valence-corrected chi connectivity index (χ2v) is 18.1. The number of methoxy groups -OCH3 is 1. The molecule has 0 aliphatic carbocycles. The van der Waals surface area contributed by atoms with E-state index in [-0.39, 0.29) is 0 Å². The van der Waals surface area contributed by atoms with E-state index >= 15 is 0 Å². The van der Waals surface area contributed by atoms with E-state index < -0.39 is 18.4 Å². The summed E-state index contributed by atoms with van der Waals surface area (Å²) in [5.74, 6) is 0. The molecule has 0 N–H and O–H groups in total. The van der Waals surface area contributed by atoms with Gasteiger partial charge in [0, 0.05) is 0 Å². The minimum atomic E-state index is -2.01. The summed E-state index contributed by atoms with van der Waals surface area (Å²) in [4.78, 5) is 7.02. The van der Waals surface area contributed by atoms with E-state index in [9.17, 15) is 0 Å². The maximum atomic E-state index is 5.49.